The third-order valence-corrected chi connectivity index (χ3v) is 14.9. The number of fused-ring (bicyclic) bond motifs is 5. The van der Waals surface area contributed by atoms with Gasteiger partial charge in [0.25, 0.3) is 0 Å². The molecule has 8 N–H and O–H groups in total. The average Bonchev–Trinajstić information content (AvgIpc) is 3.53. The molecule has 2 heterocycles. The molecule has 296 valence electrons. The maximum Gasteiger partial charge on any atom is 0.187 e. The Morgan fingerprint density at radius 1 is 0.824 bits per heavy atom. The summed E-state index contributed by atoms with van der Waals surface area (Å²) < 4.78 is 29.5. The van der Waals surface area contributed by atoms with Gasteiger partial charge in [-0.25, -0.2) is 0 Å². The van der Waals surface area contributed by atoms with Crippen molar-refractivity contribution in [3.8, 4) is 0 Å². The zero-order valence-electron chi connectivity index (χ0n) is 31.3. The molecule has 2 saturated heterocycles. The maximum absolute atomic E-state index is 12.6. The van der Waals surface area contributed by atoms with E-state index in [9.17, 15) is 40.9 Å². The summed E-state index contributed by atoms with van der Waals surface area (Å²) in [5, 5.41) is 87.7. The largest absolute Gasteiger partial charge is 0.394 e. The summed E-state index contributed by atoms with van der Waals surface area (Å²) in [5.74, 6) is -0.0804. The van der Waals surface area contributed by atoms with Crippen molar-refractivity contribution in [3.05, 3.63) is 0 Å². The minimum atomic E-state index is -1.26. The second kappa shape index (κ2) is 15.2. The lowest BCUT2D eigenvalue weighted by atomic mass is 9.42. The zero-order valence-corrected chi connectivity index (χ0v) is 31.3. The van der Waals surface area contributed by atoms with Crippen LogP contribution < -0.4 is 0 Å². The summed E-state index contributed by atoms with van der Waals surface area (Å²) in [6, 6.07) is 0. The minimum Gasteiger partial charge on any atom is -0.394 e. The lowest BCUT2D eigenvalue weighted by molar-refractivity contribution is -0.311. The first-order valence-electron chi connectivity index (χ1n) is 19.5. The minimum absolute atomic E-state index is 0.0439. The van der Waals surface area contributed by atoms with Crippen LogP contribution in [0.15, 0.2) is 0 Å². The Morgan fingerprint density at radius 3 is 2.20 bits per heavy atom. The smallest absolute Gasteiger partial charge is 0.187 e. The first-order chi connectivity index (χ1) is 24.0. The van der Waals surface area contributed by atoms with Gasteiger partial charge < -0.3 is 64.5 Å². The van der Waals surface area contributed by atoms with E-state index in [-0.39, 0.29) is 65.5 Å². The van der Waals surface area contributed by atoms with Crippen LogP contribution in [-0.2, 0) is 23.7 Å². The van der Waals surface area contributed by atoms with Crippen molar-refractivity contribution < 1.29 is 64.5 Å². The molecule has 10 unspecified atom stereocenters. The number of ether oxygens (including phenoxy) is 5. The summed E-state index contributed by atoms with van der Waals surface area (Å²) in [7, 11) is 1.36. The van der Waals surface area contributed by atoms with Crippen LogP contribution in [0.5, 0.6) is 0 Å². The van der Waals surface area contributed by atoms with Gasteiger partial charge in [0.2, 0.25) is 0 Å². The number of hydrogen-bond donors (Lipinski definition) is 8. The predicted molar refractivity (Wildman–Crippen MR) is 183 cm³/mol. The van der Waals surface area contributed by atoms with Crippen molar-refractivity contribution in [2.45, 2.75) is 172 Å². The SMILES string of the molecule is COC1C(OC2C(O)[C@H](CO)O[C@H]2OC(CCC(C)[C@H]2C[C@@H](O)C3[C@]4(O)C[C@H](O)[C@H]5C[C@@H](O)CC[C@]5(C)C4CC[C@@]32C)C(C)C)OCC(O)C1O. The number of aliphatic hydroxyl groups is 8. The van der Waals surface area contributed by atoms with Gasteiger partial charge in [0.15, 0.2) is 12.6 Å². The number of rotatable bonds is 11. The average molecular weight is 731 g/mol. The lowest BCUT2D eigenvalue weighted by Crippen LogP contribution is -2.68. The molecular weight excluding hydrogens is 664 g/mol. The standard InChI is InChI=1S/C38H66O13/c1-18(2)26(49-35-32(30(45)27(16-39)50-35)51-34-31(47-6)29(44)25(43)17-48-34)8-7-19(3)21-14-23(41)33-37(21,5)12-10-28-36(4)11-9-20(40)13-22(36)24(42)15-38(28,33)46/h18-35,39-46H,7-17H2,1-6H3/t19?,20-,21+,22+,23+,24-,25?,26?,27-,28?,29?,30?,31?,32?,33?,34?,35+,36-,37+,38-/m0/s1. The Balaban J connectivity index is 1.13. The molecule has 6 fully saturated rings. The van der Waals surface area contributed by atoms with E-state index >= 15 is 0 Å². The molecule has 13 heteroatoms. The van der Waals surface area contributed by atoms with Crippen molar-refractivity contribution in [2.24, 2.45) is 46.3 Å². The molecule has 20 atom stereocenters. The van der Waals surface area contributed by atoms with Crippen LogP contribution in [0.1, 0.15) is 92.4 Å². The molecule has 51 heavy (non-hydrogen) atoms. The van der Waals surface area contributed by atoms with Gasteiger partial charge in [0, 0.05) is 19.4 Å². The van der Waals surface area contributed by atoms with Crippen molar-refractivity contribution in [2.75, 3.05) is 20.3 Å². The van der Waals surface area contributed by atoms with Gasteiger partial charge >= 0.3 is 0 Å². The van der Waals surface area contributed by atoms with E-state index in [1.54, 1.807) is 0 Å². The van der Waals surface area contributed by atoms with Crippen LogP contribution in [0.4, 0.5) is 0 Å². The topological polar surface area (TPSA) is 208 Å². The molecule has 0 radical (unpaired) electrons. The van der Waals surface area contributed by atoms with Gasteiger partial charge in [-0.05, 0) is 91.8 Å². The Labute approximate surface area is 302 Å². The molecule has 0 bridgehead atoms. The third kappa shape index (κ3) is 6.97. The van der Waals surface area contributed by atoms with Crippen LogP contribution in [0.3, 0.4) is 0 Å². The fourth-order valence-electron chi connectivity index (χ4n) is 12.2. The van der Waals surface area contributed by atoms with Crippen molar-refractivity contribution in [3.63, 3.8) is 0 Å². The molecule has 4 aliphatic carbocycles. The molecule has 4 saturated carbocycles. The van der Waals surface area contributed by atoms with E-state index in [4.69, 9.17) is 23.7 Å². The first-order valence-corrected chi connectivity index (χ1v) is 19.5. The summed E-state index contributed by atoms with van der Waals surface area (Å²) in [5.41, 5.74) is -1.80. The van der Waals surface area contributed by atoms with Gasteiger partial charge in [-0.15, -0.1) is 0 Å². The summed E-state index contributed by atoms with van der Waals surface area (Å²) in [6.45, 7) is 10.1. The summed E-state index contributed by atoms with van der Waals surface area (Å²) >= 11 is 0. The zero-order chi connectivity index (χ0) is 37.2. The van der Waals surface area contributed by atoms with E-state index in [0.29, 0.717) is 25.7 Å². The predicted octanol–water partition coefficient (Wildman–Crippen LogP) is 1.08. The number of aliphatic hydroxyl groups excluding tert-OH is 7. The van der Waals surface area contributed by atoms with Gasteiger partial charge in [-0.3, -0.25) is 0 Å². The van der Waals surface area contributed by atoms with Gasteiger partial charge in [0.05, 0.1) is 43.2 Å². The highest BCUT2D eigenvalue weighted by Crippen LogP contribution is 2.69. The normalized spacial score (nSPS) is 52.6. The second-order valence-electron chi connectivity index (χ2n) is 18.0. The highest BCUT2D eigenvalue weighted by atomic mass is 16.8. The molecule has 2 aliphatic heterocycles. The second-order valence-corrected chi connectivity index (χ2v) is 18.0. The molecule has 0 spiro atoms. The van der Waals surface area contributed by atoms with Crippen LogP contribution in [0.25, 0.3) is 0 Å². The summed E-state index contributed by atoms with van der Waals surface area (Å²) in [4.78, 5) is 0. The van der Waals surface area contributed by atoms with Crippen LogP contribution in [0, 0.1) is 46.3 Å². The van der Waals surface area contributed by atoms with E-state index in [0.717, 1.165) is 25.7 Å². The molecule has 0 amide bonds. The first kappa shape index (κ1) is 40.2. The maximum atomic E-state index is 12.6. The van der Waals surface area contributed by atoms with Crippen molar-refractivity contribution in [1.82, 2.24) is 0 Å². The number of hydrogen-bond acceptors (Lipinski definition) is 13. The molecule has 6 rings (SSSR count). The number of methoxy groups -OCH3 is 1. The summed E-state index contributed by atoms with van der Waals surface area (Å²) in [6.07, 6.45) is -5.08. The lowest BCUT2D eigenvalue weighted by Gasteiger charge is -2.66. The quantitative estimate of drug-likeness (QED) is 0.150. The van der Waals surface area contributed by atoms with Crippen LogP contribution in [-0.4, -0.2) is 140 Å². The van der Waals surface area contributed by atoms with E-state index in [1.807, 2.05) is 13.8 Å². The van der Waals surface area contributed by atoms with Crippen LogP contribution >= 0.6 is 0 Å². The van der Waals surface area contributed by atoms with E-state index < -0.39 is 79.7 Å². The Hall–Kier alpha value is -0.520. The van der Waals surface area contributed by atoms with E-state index in [1.165, 1.54) is 7.11 Å². The highest BCUT2D eigenvalue weighted by Gasteiger charge is 2.70. The molecule has 6 aliphatic rings. The highest BCUT2D eigenvalue weighted by molar-refractivity contribution is 5.20. The Bertz CT molecular complexity index is 1180. The fourth-order valence-corrected chi connectivity index (χ4v) is 12.2. The Kier molecular flexibility index (Phi) is 12.0. The van der Waals surface area contributed by atoms with Crippen molar-refractivity contribution in [1.29, 1.82) is 0 Å². The van der Waals surface area contributed by atoms with Gasteiger partial charge in [-0.1, -0.05) is 34.6 Å². The van der Waals surface area contributed by atoms with Crippen LogP contribution in [0.2, 0.25) is 0 Å². The van der Waals surface area contributed by atoms with E-state index in [2.05, 4.69) is 20.8 Å². The third-order valence-electron chi connectivity index (χ3n) is 14.9. The monoisotopic (exact) mass is 730 g/mol. The fraction of sp³-hybridized carbons (Fsp3) is 1.00. The van der Waals surface area contributed by atoms with Gasteiger partial charge in [-0.2, -0.15) is 0 Å². The molecule has 0 aromatic rings. The molecule has 0 aromatic carbocycles. The molecule has 0 aromatic heterocycles. The molecular formula is C38H66O13. The molecule has 13 nitrogen and oxygen atoms in total. The van der Waals surface area contributed by atoms with Crippen molar-refractivity contribution >= 4 is 0 Å². The van der Waals surface area contributed by atoms with Gasteiger partial charge in [0.1, 0.15) is 36.6 Å². The Morgan fingerprint density at radius 2 is 1.53 bits per heavy atom.